The van der Waals surface area contributed by atoms with Gasteiger partial charge in [-0.1, -0.05) is 0 Å². The van der Waals surface area contributed by atoms with Crippen LogP contribution >= 0.6 is 22.6 Å². The van der Waals surface area contributed by atoms with Gasteiger partial charge in [-0.3, -0.25) is 4.68 Å². The Balaban J connectivity index is 1.61. The van der Waals surface area contributed by atoms with Crippen molar-refractivity contribution in [3.63, 3.8) is 0 Å². The number of rotatable bonds is 6. The zero-order chi connectivity index (χ0) is 22.0. The summed E-state index contributed by atoms with van der Waals surface area (Å²) in [7, 11) is 3.26. The summed E-state index contributed by atoms with van der Waals surface area (Å²) in [6.07, 6.45) is 2.59. The van der Waals surface area contributed by atoms with E-state index in [9.17, 15) is 9.90 Å². The Kier molecular flexibility index (Phi) is 6.35. The van der Waals surface area contributed by atoms with Gasteiger partial charge < -0.3 is 24.8 Å². The Hall–Kier alpha value is -2.76. The molecule has 0 unspecified atom stereocenters. The number of nitrogens with one attached hydrogen (secondary N) is 1. The summed E-state index contributed by atoms with van der Waals surface area (Å²) in [5.41, 5.74) is 1.93. The van der Waals surface area contributed by atoms with E-state index in [1.165, 1.54) is 4.90 Å². The van der Waals surface area contributed by atoms with Crippen molar-refractivity contribution in [3.8, 4) is 11.5 Å². The molecule has 2 N–H and O–H groups in total. The molecule has 1 fully saturated rings. The minimum atomic E-state index is -0.881. The molecule has 1 amide bonds. The number of carboxylic acid groups (broad SMARTS) is 1. The molecule has 31 heavy (non-hydrogen) atoms. The fourth-order valence-electron chi connectivity index (χ4n) is 3.96. The predicted molar refractivity (Wildman–Crippen MR) is 125 cm³/mol. The number of pyridine rings is 1. The van der Waals surface area contributed by atoms with Gasteiger partial charge in [0.05, 0.1) is 31.2 Å². The third-order valence-electron chi connectivity index (χ3n) is 5.53. The van der Waals surface area contributed by atoms with E-state index in [1.54, 1.807) is 20.4 Å². The quantitative estimate of drug-likeness (QED) is 0.459. The smallest absolute Gasteiger partial charge is 0.407 e. The molecule has 1 aliphatic rings. The van der Waals surface area contributed by atoms with Crippen LogP contribution in [0.5, 0.6) is 11.5 Å². The number of hydrogen-bond donors (Lipinski definition) is 2. The molecule has 2 aromatic heterocycles. The molecule has 9 nitrogen and oxygen atoms in total. The number of benzene rings is 1. The summed E-state index contributed by atoms with van der Waals surface area (Å²) in [6, 6.07) is 7.65. The monoisotopic (exact) mass is 537 g/mol. The molecule has 1 saturated heterocycles. The maximum Gasteiger partial charge on any atom is 0.407 e. The zero-order valence-electron chi connectivity index (χ0n) is 17.3. The highest BCUT2D eigenvalue weighted by Gasteiger charge is 2.27. The number of likely N-dealkylation sites (tertiary alicyclic amines) is 1. The van der Waals surface area contributed by atoms with Crippen molar-refractivity contribution in [1.82, 2.24) is 19.7 Å². The van der Waals surface area contributed by atoms with Gasteiger partial charge in [0.25, 0.3) is 0 Å². The van der Waals surface area contributed by atoms with E-state index >= 15 is 0 Å². The Morgan fingerprint density at radius 3 is 2.90 bits per heavy atom. The lowest BCUT2D eigenvalue weighted by molar-refractivity contribution is 0.120. The van der Waals surface area contributed by atoms with Gasteiger partial charge >= 0.3 is 6.09 Å². The molecule has 0 bridgehead atoms. The molecule has 1 aromatic carbocycles. The van der Waals surface area contributed by atoms with Crippen LogP contribution in [-0.2, 0) is 6.54 Å². The number of ether oxygens (including phenoxy) is 2. The van der Waals surface area contributed by atoms with E-state index in [2.05, 4.69) is 32.9 Å². The highest BCUT2D eigenvalue weighted by atomic mass is 127. The first-order valence-electron chi connectivity index (χ1n) is 9.97. The molecule has 164 valence electrons. The first kappa shape index (κ1) is 21.5. The molecule has 10 heteroatoms. The van der Waals surface area contributed by atoms with Gasteiger partial charge in [0, 0.05) is 37.5 Å². The second kappa shape index (κ2) is 9.16. The van der Waals surface area contributed by atoms with E-state index in [0.29, 0.717) is 19.6 Å². The molecule has 3 heterocycles. The van der Waals surface area contributed by atoms with Gasteiger partial charge in [-0.2, -0.15) is 5.10 Å². The Labute approximate surface area is 193 Å². The van der Waals surface area contributed by atoms with Crippen molar-refractivity contribution in [1.29, 1.82) is 0 Å². The number of amides is 1. The molecule has 1 aliphatic heterocycles. The van der Waals surface area contributed by atoms with Gasteiger partial charge in [0.15, 0.2) is 0 Å². The summed E-state index contributed by atoms with van der Waals surface area (Å²) < 4.78 is 13.5. The van der Waals surface area contributed by atoms with Crippen LogP contribution in [-0.4, -0.2) is 58.2 Å². The topological polar surface area (TPSA) is 102 Å². The molecule has 0 saturated carbocycles. The minimum Gasteiger partial charge on any atom is -0.497 e. The SMILES string of the molecule is COc1ccc(CNc2nccc3c2c(I)nn3[C@@H]2CCCN(C(=O)O)C2)c(OC)c1. The average molecular weight is 537 g/mol. The number of hydrogen-bond acceptors (Lipinski definition) is 6. The van der Waals surface area contributed by atoms with Crippen LogP contribution in [0, 0.1) is 3.70 Å². The third kappa shape index (κ3) is 4.34. The van der Waals surface area contributed by atoms with Crippen molar-refractivity contribution in [2.24, 2.45) is 0 Å². The first-order chi connectivity index (χ1) is 15.0. The van der Waals surface area contributed by atoms with Crippen LogP contribution in [0.15, 0.2) is 30.5 Å². The fourth-order valence-corrected chi connectivity index (χ4v) is 4.73. The lowest BCUT2D eigenvalue weighted by Crippen LogP contribution is -2.40. The van der Waals surface area contributed by atoms with Crippen molar-refractivity contribution >= 4 is 45.4 Å². The zero-order valence-corrected chi connectivity index (χ0v) is 19.5. The maximum absolute atomic E-state index is 11.4. The van der Waals surface area contributed by atoms with Crippen molar-refractivity contribution in [3.05, 3.63) is 39.7 Å². The summed E-state index contributed by atoms with van der Waals surface area (Å²) in [5, 5.41) is 18.5. The molecule has 3 aromatic rings. The largest absolute Gasteiger partial charge is 0.497 e. The van der Waals surface area contributed by atoms with Crippen LogP contribution in [0.4, 0.5) is 10.6 Å². The van der Waals surface area contributed by atoms with Crippen LogP contribution < -0.4 is 14.8 Å². The number of anilines is 1. The third-order valence-corrected chi connectivity index (χ3v) is 6.29. The lowest BCUT2D eigenvalue weighted by Gasteiger charge is -2.31. The normalized spacial score (nSPS) is 16.4. The summed E-state index contributed by atoms with van der Waals surface area (Å²) in [4.78, 5) is 17.4. The fraction of sp³-hybridized carbons (Fsp3) is 0.381. The van der Waals surface area contributed by atoms with Crippen molar-refractivity contribution < 1.29 is 19.4 Å². The minimum absolute atomic E-state index is 0.00722. The Morgan fingerprint density at radius 1 is 1.32 bits per heavy atom. The molecule has 4 rings (SSSR count). The van der Waals surface area contributed by atoms with Crippen LogP contribution in [0.2, 0.25) is 0 Å². The Morgan fingerprint density at radius 2 is 2.16 bits per heavy atom. The summed E-state index contributed by atoms with van der Waals surface area (Å²) >= 11 is 2.21. The van der Waals surface area contributed by atoms with Gasteiger partial charge in [-0.15, -0.1) is 0 Å². The van der Waals surface area contributed by atoms with Gasteiger partial charge in [0.1, 0.15) is 21.0 Å². The number of fused-ring (bicyclic) bond motifs is 1. The molecule has 1 atom stereocenters. The number of aromatic nitrogens is 3. The van der Waals surface area contributed by atoms with Gasteiger partial charge in [-0.25, -0.2) is 9.78 Å². The van der Waals surface area contributed by atoms with E-state index in [-0.39, 0.29) is 6.04 Å². The number of halogens is 1. The Bertz CT molecular complexity index is 1100. The van der Waals surface area contributed by atoms with Crippen LogP contribution in [0.1, 0.15) is 24.4 Å². The lowest BCUT2D eigenvalue weighted by atomic mass is 10.1. The summed E-state index contributed by atoms with van der Waals surface area (Å²) in [5.74, 6) is 2.21. The molecule has 0 radical (unpaired) electrons. The number of piperidine rings is 1. The standard InChI is InChI=1S/C21H24IN5O4/c1-30-15-6-5-13(17(10-15)31-2)11-24-20-18-16(7-8-23-20)27(25-19(18)22)14-4-3-9-26(12-14)21(28)29/h5-8,10,14H,3-4,9,11-12H2,1-2H3,(H,23,24)(H,28,29)/t14-/m1/s1. The van der Waals surface area contributed by atoms with E-state index in [1.807, 2.05) is 28.9 Å². The molecular weight excluding hydrogens is 513 g/mol. The highest BCUT2D eigenvalue weighted by Crippen LogP contribution is 2.32. The second-order valence-electron chi connectivity index (χ2n) is 7.35. The van der Waals surface area contributed by atoms with Gasteiger partial charge in [0.2, 0.25) is 0 Å². The van der Waals surface area contributed by atoms with E-state index in [4.69, 9.17) is 14.6 Å². The first-order valence-corrected chi connectivity index (χ1v) is 11.0. The summed E-state index contributed by atoms with van der Waals surface area (Å²) in [6.45, 7) is 1.53. The average Bonchev–Trinajstić information content (AvgIpc) is 3.14. The van der Waals surface area contributed by atoms with E-state index in [0.717, 1.165) is 50.3 Å². The maximum atomic E-state index is 11.4. The molecular formula is C21H24IN5O4. The van der Waals surface area contributed by atoms with E-state index < -0.39 is 6.09 Å². The highest BCUT2D eigenvalue weighted by molar-refractivity contribution is 14.1. The molecule has 0 spiro atoms. The molecule has 0 aliphatic carbocycles. The van der Waals surface area contributed by atoms with Crippen LogP contribution in [0.25, 0.3) is 10.9 Å². The number of carbonyl (C=O) groups is 1. The second-order valence-corrected chi connectivity index (χ2v) is 8.37. The van der Waals surface area contributed by atoms with Crippen molar-refractivity contribution in [2.75, 3.05) is 32.6 Å². The number of methoxy groups -OCH3 is 2. The van der Waals surface area contributed by atoms with Crippen molar-refractivity contribution in [2.45, 2.75) is 25.4 Å². The predicted octanol–water partition coefficient (Wildman–Crippen LogP) is 3.98. The van der Waals surface area contributed by atoms with Gasteiger partial charge in [-0.05, 0) is 53.6 Å². The van der Waals surface area contributed by atoms with Crippen LogP contribution in [0.3, 0.4) is 0 Å². The number of nitrogens with zero attached hydrogens (tertiary/aromatic N) is 4.